The predicted molar refractivity (Wildman–Crippen MR) is 92.2 cm³/mol. The van der Waals surface area contributed by atoms with E-state index in [4.69, 9.17) is 16.7 Å². The van der Waals surface area contributed by atoms with Crippen LogP contribution in [-0.4, -0.2) is 53.7 Å². The minimum absolute atomic E-state index is 0.0533. The number of piperidine rings is 1. The second-order valence-electron chi connectivity index (χ2n) is 6.14. The van der Waals surface area contributed by atoms with Crippen molar-refractivity contribution in [1.82, 2.24) is 9.88 Å². The quantitative estimate of drug-likeness (QED) is 0.917. The number of carbonyl (C=O) groups is 1. The average Bonchev–Trinajstić information content (AvgIpc) is 2.55. The van der Waals surface area contributed by atoms with Crippen LogP contribution < -0.4 is 4.90 Å². The minimum atomic E-state index is -0.809. The Kier molecular flexibility index (Phi) is 4.87. The van der Waals surface area contributed by atoms with Crippen LogP contribution in [0.5, 0.6) is 0 Å². The van der Waals surface area contributed by atoms with E-state index in [0.29, 0.717) is 5.52 Å². The number of aliphatic carboxylic acids is 1. The molecule has 0 atom stereocenters. The third-order valence-electron chi connectivity index (χ3n) is 4.57. The maximum Gasteiger partial charge on any atom is 0.317 e. The third-order valence-corrected chi connectivity index (χ3v) is 4.86. The Morgan fingerprint density at radius 2 is 2.17 bits per heavy atom. The highest BCUT2D eigenvalue weighted by Crippen LogP contribution is 2.31. The lowest BCUT2D eigenvalue weighted by atomic mass is 10.0. The van der Waals surface area contributed by atoms with Crippen molar-refractivity contribution < 1.29 is 14.3 Å². The zero-order valence-electron chi connectivity index (χ0n) is 13.4. The second kappa shape index (κ2) is 6.91. The first-order valence-corrected chi connectivity index (χ1v) is 8.24. The molecule has 2 aromatic rings. The van der Waals surface area contributed by atoms with Crippen LogP contribution >= 0.6 is 11.6 Å². The number of carboxylic acids is 1. The number of benzene rings is 1. The molecule has 0 spiro atoms. The molecular formula is C17H19ClFN3O2. The number of fused-ring (bicyclic) bond motifs is 1. The van der Waals surface area contributed by atoms with E-state index in [-0.39, 0.29) is 17.6 Å². The molecule has 0 radical (unpaired) electrons. The topological polar surface area (TPSA) is 56.7 Å². The molecule has 1 aromatic carbocycles. The Balaban J connectivity index is 1.78. The Hall–Kier alpha value is -1.92. The van der Waals surface area contributed by atoms with E-state index in [2.05, 4.69) is 9.88 Å². The Morgan fingerprint density at radius 1 is 1.46 bits per heavy atom. The fourth-order valence-corrected chi connectivity index (χ4v) is 3.46. The summed E-state index contributed by atoms with van der Waals surface area (Å²) in [5, 5.41) is 9.83. The molecule has 1 aliphatic heterocycles. The number of halogens is 2. The number of rotatable bonds is 4. The largest absolute Gasteiger partial charge is 0.480 e. The monoisotopic (exact) mass is 351 g/mol. The van der Waals surface area contributed by atoms with Crippen molar-refractivity contribution in [2.75, 3.05) is 31.6 Å². The summed E-state index contributed by atoms with van der Waals surface area (Å²) >= 11 is 5.93. The van der Waals surface area contributed by atoms with Crippen LogP contribution in [-0.2, 0) is 4.79 Å². The number of aromatic nitrogens is 1. The van der Waals surface area contributed by atoms with E-state index < -0.39 is 11.8 Å². The Labute approximate surface area is 144 Å². The zero-order valence-corrected chi connectivity index (χ0v) is 14.1. The minimum Gasteiger partial charge on any atom is -0.480 e. The molecular weight excluding hydrogens is 333 g/mol. The van der Waals surface area contributed by atoms with Crippen molar-refractivity contribution in [2.24, 2.45) is 0 Å². The highest BCUT2D eigenvalue weighted by atomic mass is 35.5. The van der Waals surface area contributed by atoms with Gasteiger partial charge in [0.05, 0.1) is 17.1 Å². The first-order chi connectivity index (χ1) is 11.5. The van der Waals surface area contributed by atoms with Gasteiger partial charge in [0.2, 0.25) is 0 Å². The number of hydrogen-bond donors (Lipinski definition) is 1. The molecule has 0 aliphatic carbocycles. The first-order valence-electron chi connectivity index (χ1n) is 7.86. The molecule has 5 nitrogen and oxygen atoms in total. The SMILES string of the molecule is CN(CC(=O)O)C1CCN(c2ccnc3cc(F)c(Cl)cc23)CC1. The predicted octanol–water partition coefficient (Wildman–Crippen LogP) is 3.01. The summed E-state index contributed by atoms with van der Waals surface area (Å²) in [7, 11) is 1.85. The summed E-state index contributed by atoms with van der Waals surface area (Å²) in [5.74, 6) is -1.28. The molecule has 1 saturated heterocycles. The maximum atomic E-state index is 13.6. The van der Waals surface area contributed by atoms with Crippen molar-refractivity contribution in [3.8, 4) is 0 Å². The molecule has 0 unspecified atom stereocenters. The standard InChI is InChI=1S/C17H19ClFN3O2/c1-21(10-17(23)24)11-3-6-22(7-4-11)16-2-5-20-15-9-14(19)13(18)8-12(15)16/h2,5,8-9,11H,3-4,6-7,10H2,1H3,(H,23,24). The zero-order chi connectivity index (χ0) is 17.3. The van der Waals surface area contributed by atoms with Gasteiger partial charge in [-0.15, -0.1) is 0 Å². The van der Waals surface area contributed by atoms with Gasteiger partial charge in [-0.2, -0.15) is 0 Å². The fraction of sp³-hybridized carbons (Fsp3) is 0.412. The molecule has 7 heteroatoms. The van der Waals surface area contributed by atoms with Gasteiger partial charge >= 0.3 is 5.97 Å². The Morgan fingerprint density at radius 3 is 2.83 bits per heavy atom. The van der Waals surface area contributed by atoms with Gasteiger partial charge in [-0.05, 0) is 32.0 Å². The number of anilines is 1. The molecule has 0 saturated carbocycles. The van der Waals surface area contributed by atoms with Gasteiger partial charge in [0.25, 0.3) is 0 Å². The number of likely N-dealkylation sites (N-methyl/N-ethyl adjacent to an activating group) is 1. The lowest BCUT2D eigenvalue weighted by Crippen LogP contribution is -2.45. The van der Waals surface area contributed by atoms with Crippen molar-refractivity contribution in [3.05, 3.63) is 35.2 Å². The van der Waals surface area contributed by atoms with E-state index in [1.54, 1.807) is 12.3 Å². The summed E-state index contributed by atoms with van der Waals surface area (Å²) in [6.45, 7) is 1.67. The number of pyridine rings is 1. The molecule has 1 aliphatic rings. The molecule has 1 N–H and O–H groups in total. The van der Waals surface area contributed by atoms with Gasteiger partial charge in [0.15, 0.2) is 0 Å². The van der Waals surface area contributed by atoms with Crippen molar-refractivity contribution in [2.45, 2.75) is 18.9 Å². The van der Waals surface area contributed by atoms with Gasteiger partial charge in [-0.25, -0.2) is 4.39 Å². The highest BCUT2D eigenvalue weighted by Gasteiger charge is 2.24. The lowest BCUT2D eigenvalue weighted by Gasteiger charge is -2.37. The van der Waals surface area contributed by atoms with Gasteiger partial charge < -0.3 is 10.0 Å². The van der Waals surface area contributed by atoms with Crippen LogP contribution in [0, 0.1) is 5.82 Å². The molecule has 3 rings (SSSR count). The van der Waals surface area contributed by atoms with Crippen LogP contribution in [0.3, 0.4) is 0 Å². The van der Waals surface area contributed by atoms with E-state index in [9.17, 15) is 9.18 Å². The first kappa shape index (κ1) is 16.9. The summed E-state index contributed by atoms with van der Waals surface area (Å²) in [6.07, 6.45) is 3.43. The molecule has 2 heterocycles. The van der Waals surface area contributed by atoms with Crippen molar-refractivity contribution in [1.29, 1.82) is 0 Å². The van der Waals surface area contributed by atoms with E-state index in [0.717, 1.165) is 37.0 Å². The van der Waals surface area contributed by atoms with Gasteiger partial charge in [0.1, 0.15) is 5.82 Å². The molecule has 0 amide bonds. The van der Waals surface area contributed by atoms with Crippen molar-refractivity contribution in [3.63, 3.8) is 0 Å². The smallest absolute Gasteiger partial charge is 0.317 e. The second-order valence-corrected chi connectivity index (χ2v) is 6.55. The van der Waals surface area contributed by atoms with Gasteiger partial charge in [-0.3, -0.25) is 14.7 Å². The number of hydrogen-bond acceptors (Lipinski definition) is 4. The molecule has 128 valence electrons. The Bertz CT molecular complexity index is 763. The van der Waals surface area contributed by atoms with E-state index in [1.807, 2.05) is 18.0 Å². The summed E-state index contributed by atoms with van der Waals surface area (Å²) in [4.78, 5) is 19.2. The van der Waals surface area contributed by atoms with Crippen LogP contribution in [0.1, 0.15) is 12.8 Å². The van der Waals surface area contributed by atoms with Crippen LogP contribution in [0.2, 0.25) is 5.02 Å². The van der Waals surface area contributed by atoms with E-state index >= 15 is 0 Å². The van der Waals surface area contributed by atoms with Gasteiger partial charge in [-0.1, -0.05) is 11.6 Å². The van der Waals surface area contributed by atoms with Crippen molar-refractivity contribution >= 4 is 34.2 Å². The number of nitrogens with zero attached hydrogens (tertiary/aromatic N) is 3. The fourth-order valence-electron chi connectivity index (χ4n) is 3.29. The average molecular weight is 352 g/mol. The lowest BCUT2D eigenvalue weighted by molar-refractivity contribution is -0.138. The summed E-state index contributed by atoms with van der Waals surface area (Å²) < 4.78 is 13.6. The normalized spacial score (nSPS) is 16.1. The van der Waals surface area contributed by atoms with Crippen LogP contribution in [0.25, 0.3) is 10.9 Å². The van der Waals surface area contributed by atoms with Gasteiger partial charge in [0, 0.05) is 42.5 Å². The van der Waals surface area contributed by atoms with Crippen LogP contribution in [0.15, 0.2) is 24.4 Å². The molecule has 0 bridgehead atoms. The summed E-state index contributed by atoms with van der Waals surface area (Å²) in [6, 6.07) is 5.15. The number of carboxylic acid groups (broad SMARTS) is 1. The maximum absolute atomic E-state index is 13.6. The van der Waals surface area contributed by atoms with E-state index in [1.165, 1.54) is 6.07 Å². The molecule has 1 fully saturated rings. The molecule has 1 aromatic heterocycles. The van der Waals surface area contributed by atoms with Crippen LogP contribution in [0.4, 0.5) is 10.1 Å². The summed E-state index contributed by atoms with van der Waals surface area (Å²) in [5.41, 5.74) is 1.57. The third kappa shape index (κ3) is 3.44. The highest BCUT2D eigenvalue weighted by molar-refractivity contribution is 6.31. The molecule has 24 heavy (non-hydrogen) atoms.